The van der Waals surface area contributed by atoms with Gasteiger partial charge in [-0.05, 0) is 18.2 Å². The molecule has 21 heavy (non-hydrogen) atoms. The van der Waals surface area contributed by atoms with E-state index in [9.17, 15) is 8.78 Å². The van der Waals surface area contributed by atoms with Gasteiger partial charge in [-0.2, -0.15) is 0 Å². The van der Waals surface area contributed by atoms with E-state index in [0.717, 1.165) is 6.07 Å². The number of hydrogen-bond donors (Lipinski definition) is 2. The number of benzene rings is 2. The van der Waals surface area contributed by atoms with Crippen LogP contribution in [0.2, 0.25) is 0 Å². The van der Waals surface area contributed by atoms with Gasteiger partial charge in [0.05, 0.1) is 6.04 Å². The lowest BCUT2D eigenvalue weighted by molar-refractivity contribution is 0.0605. The fourth-order valence-corrected chi connectivity index (χ4v) is 2.36. The van der Waals surface area contributed by atoms with Gasteiger partial charge in [0.1, 0.15) is 6.61 Å². The van der Waals surface area contributed by atoms with Crippen molar-refractivity contribution in [3.63, 3.8) is 0 Å². The number of halogens is 2. The van der Waals surface area contributed by atoms with Crippen LogP contribution in [0.4, 0.5) is 8.78 Å². The standard InChI is InChI=1S/C15H14F2N2O2/c16-10-5-3-4-9(14(10)17)15(19-18)13-8-20-11-6-1-2-7-12(11)21-13/h1-7,13,15,19H,8,18H2. The van der Waals surface area contributed by atoms with Crippen LogP contribution >= 0.6 is 0 Å². The van der Waals surface area contributed by atoms with Crippen molar-refractivity contribution in [1.82, 2.24) is 5.43 Å². The van der Waals surface area contributed by atoms with E-state index >= 15 is 0 Å². The van der Waals surface area contributed by atoms with Crippen molar-refractivity contribution in [2.75, 3.05) is 6.61 Å². The van der Waals surface area contributed by atoms with Crippen molar-refractivity contribution >= 4 is 0 Å². The topological polar surface area (TPSA) is 56.5 Å². The van der Waals surface area contributed by atoms with Crippen molar-refractivity contribution in [1.29, 1.82) is 0 Å². The van der Waals surface area contributed by atoms with Crippen molar-refractivity contribution < 1.29 is 18.3 Å². The van der Waals surface area contributed by atoms with Gasteiger partial charge in [0.15, 0.2) is 29.2 Å². The van der Waals surface area contributed by atoms with Crippen molar-refractivity contribution in [3.05, 3.63) is 59.7 Å². The molecule has 4 nitrogen and oxygen atoms in total. The van der Waals surface area contributed by atoms with Crippen LogP contribution in [-0.4, -0.2) is 12.7 Å². The first-order valence-corrected chi connectivity index (χ1v) is 6.49. The second kappa shape index (κ2) is 5.67. The number of fused-ring (bicyclic) bond motifs is 1. The third-order valence-corrected chi connectivity index (χ3v) is 3.40. The largest absolute Gasteiger partial charge is 0.486 e. The molecule has 0 bridgehead atoms. The summed E-state index contributed by atoms with van der Waals surface area (Å²) in [7, 11) is 0. The van der Waals surface area contributed by atoms with Gasteiger partial charge in [0.25, 0.3) is 0 Å². The zero-order chi connectivity index (χ0) is 14.8. The minimum atomic E-state index is -0.942. The molecule has 0 fully saturated rings. The molecule has 0 radical (unpaired) electrons. The summed E-state index contributed by atoms with van der Waals surface area (Å²) in [4.78, 5) is 0. The van der Waals surface area contributed by atoms with E-state index in [0.29, 0.717) is 11.5 Å². The van der Waals surface area contributed by atoms with Crippen LogP contribution in [0.1, 0.15) is 11.6 Å². The quantitative estimate of drug-likeness (QED) is 0.673. The van der Waals surface area contributed by atoms with Crippen LogP contribution in [0, 0.1) is 11.6 Å². The van der Waals surface area contributed by atoms with E-state index in [-0.39, 0.29) is 12.2 Å². The van der Waals surface area contributed by atoms with Gasteiger partial charge in [-0.25, -0.2) is 14.2 Å². The van der Waals surface area contributed by atoms with Gasteiger partial charge >= 0.3 is 0 Å². The summed E-state index contributed by atoms with van der Waals surface area (Å²) < 4.78 is 38.6. The molecule has 110 valence electrons. The molecule has 0 spiro atoms. The fourth-order valence-electron chi connectivity index (χ4n) is 2.36. The second-order valence-electron chi connectivity index (χ2n) is 4.70. The Hall–Kier alpha value is -2.18. The summed E-state index contributed by atoms with van der Waals surface area (Å²) in [6.45, 7) is 0.182. The van der Waals surface area contributed by atoms with E-state index in [4.69, 9.17) is 15.3 Å². The molecule has 2 atom stereocenters. The van der Waals surface area contributed by atoms with Crippen molar-refractivity contribution in [3.8, 4) is 11.5 Å². The Morgan fingerprint density at radius 3 is 2.62 bits per heavy atom. The molecule has 0 saturated heterocycles. The molecule has 3 rings (SSSR count). The second-order valence-corrected chi connectivity index (χ2v) is 4.70. The fraction of sp³-hybridized carbons (Fsp3) is 0.200. The first kappa shape index (κ1) is 13.8. The Bertz CT molecular complexity index is 651. The molecule has 0 aliphatic carbocycles. The predicted octanol–water partition coefficient (Wildman–Crippen LogP) is 2.31. The van der Waals surface area contributed by atoms with E-state index in [1.165, 1.54) is 12.1 Å². The number of para-hydroxylation sites is 2. The van der Waals surface area contributed by atoms with E-state index in [2.05, 4.69) is 5.43 Å². The molecule has 6 heteroatoms. The highest BCUT2D eigenvalue weighted by atomic mass is 19.2. The van der Waals surface area contributed by atoms with Gasteiger partial charge in [-0.1, -0.05) is 24.3 Å². The van der Waals surface area contributed by atoms with Crippen LogP contribution in [0.3, 0.4) is 0 Å². The van der Waals surface area contributed by atoms with Crippen molar-refractivity contribution in [2.45, 2.75) is 12.1 Å². The summed E-state index contributed by atoms with van der Waals surface area (Å²) >= 11 is 0. The van der Waals surface area contributed by atoms with Crippen LogP contribution in [0.5, 0.6) is 11.5 Å². The first-order chi connectivity index (χ1) is 10.2. The molecular formula is C15H14F2N2O2. The lowest BCUT2D eigenvalue weighted by Crippen LogP contribution is -2.44. The number of nitrogens with one attached hydrogen (secondary N) is 1. The van der Waals surface area contributed by atoms with Gasteiger partial charge in [0, 0.05) is 5.56 Å². The third kappa shape index (κ3) is 2.55. The molecule has 3 N–H and O–H groups in total. The molecule has 0 saturated carbocycles. The smallest absolute Gasteiger partial charge is 0.163 e. The number of hydrogen-bond acceptors (Lipinski definition) is 4. The highest BCUT2D eigenvalue weighted by Crippen LogP contribution is 2.34. The molecule has 2 unspecified atom stereocenters. The maximum Gasteiger partial charge on any atom is 0.163 e. The maximum atomic E-state index is 13.9. The normalized spacial score (nSPS) is 18.3. The van der Waals surface area contributed by atoms with Crippen LogP contribution < -0.4 is 20.7 Å². The average molecular weight is 292 g/mol. The zero-order valence-electron chi connectivity index (χ0n) is 11.1. The molecular weight excluding hydrogens is 278 g/mol. The summed E-state index contributed by atoms with van der Waals surface area (Å²) in [5.74, 6) is 4.79. The number of nitrogens with two attached hydrogens (primary N) is 1. The molecule has 2 aromatic carbocycles. The van der Waals surface area contributed by atoms with Gasteiger partial charge in [-0.15, -0.1) is 0 Å². The molecule has 1 aliphatic heterocycles. The Kier molecular flexibility index (Phi) is 3.72. The number of ether oxygens (including phenoxy) is 2. The summed E-state index contributed by atoms with van der Waals surface area (Å²) in [5.41, 5.74) is 2.58. The average Bonchev–Trinajstić information content (AvgIpc) is 2.52. The lowest BCUT2D eigenvalue weighted by atomic mass is 10.0. The number of hydrazine groups is 1. The minimum Gasteiger partial charge on any atom is -0.486 e. The molecule has 1 heterocycles. The van der Waals surface area contributed by atoms with Gasteiger partial charge in [0.2, 0.25) is 0 Å². The maximum absolute atomic E-state index is 13.9. The Labute approximate surface area is 120 Å². The zero-order valence-corrected chi connectivity index (χ0v) is 11.1. The summed E-state index contributed by atoms with van der Waals surface area (Å²) in [5, 5.41) is 0. The van der Waals surface area contributed by atoms with Gasteiger partial charge in [-0.3, -0.25) is 5.84 Å². The number of rotatable bonds is 3. The minimum absolute atomic E-state index is 0.102. The predicted molar refractivity (Wildman–Crippen MR) is 72.8 cm³/mol. The Morgan fingerprint density at radius 2 is 1.86 bits per heavy atom. The Morgan fingerprint density at radius 1 is 1.10 bits per heavy atom. The van der Waals surface area contributed by atoms with Crippen molar-refractivity contribution in [2.24, 2.45) is 5.84 Å². The first-order valence-electron chi connectivity index (χ1n) is 6.49. The van der Waals surface area contributed by atoms with Crippen LogP contribution in [0.25, 0.3) is 0 Å². The molecule has 1 aliphatic rings. The molecule has 2 aromatic rings. The summed E-state index contributed by atoms with van der Waals surface area (Å²) in [6.07, 6.45) is -0.568. The van der Waals surface area contributed by atoms with E-state index in [1.807, 2.05) is 6.07 Å². The monoisotopic (exact) mass is 292 g/mol. The van der Waals surface area contributed by atoms with Crippen LogP contribution in [-0.2, 0) is 0 Å². The highest BCUT2D eigenvalue weighted by Gasteiger charge is 2.31. The molecule has 0 amide bonds. The highest BCUT2D eigenvalue weighted by molar-refractivity contribution is 5.41. The van der Waals surface area contributed by atoms with Gasteiger partial charge < -0.3 is 9.47 Å². The molecule has 0 aromatic heterocycles. The van der Waals surface area contributed by atoms with E-state index < -0.39 is 23.8 Å². The van der Waals surface area contributed by atoms with E-state index in [1.54, 1.807) is 18.2 Å². The third-order valence-electron chi connectivity index (χ3n) is 3.40. The van der Waals surface area contributed by atoms with Crippen LogP contribution in [0.15, 0.2) is 42.5 Å². The summed E-state index contributed by atoms with van der Waals surface area (Å²) in [6, 6.07) is 10.4. The SMILES string of the molecule is NNC(c1cccc(F)c1F)C1COc2ccccc2O1. The lowest BCUT2D eigenvalue weighted by Gasteiger charge is -2.32. The Balaban J connectivity index is 1.90.